The van der Waals surface area contributed by atoms with Crippen molar-refractivity contribution >= 4 is 5.91 Å². The van der Waals surface area contributed by atoms with Crippen molar-refractivity contribution < 1.29 is 64.6 Å². The van der Waals surface area contributed by atoms with Crippen LogP contribution in [0, 0.1) is 0 Å². The Morgan fingerprint density at radius 1 is 0.461 bits per heavy atom. The lowest BCUT2D eigenvalue weighted by Gasteiger charge is -2.46. The number of aliphatic hydroxyl groups excluding tert-OH is 8. The summed E-state index contributed by atoms with van der Waals surface area (Å²) in [4.78, 5) is 13.3. The monoisotopic (exact) mass is 1080 g/mol. The van der Waals surface area contributed by atoms with E-state index in [-0.39, 0.29) is 18.9 Å². The molecular formula is C62H117NO13. The molecule has 2 fully saturated rings. The van der Waals surface area contributed by atoms with Crippen molar-refractivity contribution in [3.63, 3.8) is 0 Å². The molecule has 0 bridgehead atoms. The SMILES string of the molecule is CCCCCCCCCCC/C=C/CC/C=C/C(O)C(COC1OC(CO)C(OC2OC(CO)C(O)C(O)C2O)C(O)C1O)NC(=O)CCCCCCCCCCCCCCCCCCCCCCCCCCCCC. The predicted octanol–water partition coefficient (Wildman–Crippen LogP) is 11.2. The van der Waals surface area contributed by atoms with E-state index in [0.717, 1.165) is 32.1 Å². The molecule has 448 valence electrons. The third-order valence-electron chi connectivity index (χ3n) is 15.6. The van der Waals surface area contributed by atoms with Crippen molar-refractivity contribution in [3.8, 4) is 0 Å². The van der Waals surface area contributed by atoms with E-state index >= 15 is 0 Å². The zero-order valence-electron chi connectivity index (χ0n) is 48.3. The van der Waals surface area contributed by atoms with Crippen molar-refractivity contribution in [1.82, 2.24) is 5.32 Å². The zero-order valence-corrected chi connectivity index (χ0v) is 48.3. The summed E-state index contributed by atoms with van der Waals surface area (Å²) in [7, 11) is 0. The van der Waals surface area contributed by atoms with E-state index in [1.165, 1.54) is 205 Å². The standard InChI is InChI=1S/C62H117NO13/c1-3-5-7-9-11-13-15-17-19-20-21-22-23-24-25-26-27-28-29-30-32-34-36-38-40-42-44-46-54(67)63-50(51(66)45-43-41-39-37-35-33-31-18-16-14-12-10-8-6-4-2)49-73-61-59(72)57(70)60(53(48-65)75-61)76-62-58(71)56(69)55(68)52(47-64)74-62/h35,37,43,45,50-53,55-62,64-66,68-72H,3-34,36,38-42,44,46-49H2,1-2H3,(H,63,67)/b37-35+,45-43+. The molecule has 2 aliphatic heterocycles. The summed E-state index contributed by atoms with van der Waals surface area (Å²) >= 11 is 0. The molecule has 0 radical (unpaired) electrons. The average Bonchev–Trinajstić information content (AvgIpc) is 3.42. The molecule has 0 saturated carbocycles. The summed E-state index contributed by atoms with van der Waals surface area (Å²) in [6.45, 7) is 2.80. The smallest absolute Gasteiger partial charge is 0.220 e. The quantitative estimate of drug-likeness (QED) is 0.0204. The fourth-order valence-electron chi connectivity index (χ4n) is 10.5. The summed E-state index contributed by atoms with van der Waals surface area (Å²) in [6.07, 6.45) is 40.9. The lowest BCUT2D eigenvalue weighted by molar-refractivity contribution is -0.359. The first-order chi connectivity index (χ1) is 37.1. The Hall–Kier alpha value is -1.53. The fraction of sp³-hybridized carbons (Fsp3) is 0.919. The number of carbonyl (C=O) groups is 1. The van der Waals surface area contributed by atoms with Crippen LogP contribution in [0.3, 0.4) is 0 Å². The number of rotatable bonds is 51. The number of allylic oxidation sites excluding steroid dienone is 3. The van der Waals surface area contributed by atoms with Crippen molar-refractivity contribution in [2.75, 3.05) is 19.8 Å². The van der Waals surface area contributed by atoms with Crippen LogP contribution in [0.15, 0.2) is 24.3 Å². The Balaban J connectivity index is 1.70. The Morgan fingerprint density at radius 2 is 0.842 bits per heavy atom. The van der Waals surface area contributed by atoms with Gasteiger partial charge in [-0.2, -0.15) is 0 Å². The summed E-state index contributed by atoms with van der Waals surface area (Å²) in [6, 6.07) is -0.927. The Morgan fingerprint density at radius 3 is 1.29 bits per heavy atom. The molecule has 12 atom stereocenters. The van der Waals surface area contributed by atoms with Gasteiger partial charge in [0.2, 0.25) is 5.91 Å². The molecule has 2 aliphatic rings. The molecule has 0 aromatic carbocycles. The molecule has 2 rings (SSSR count). The number of amides is 1. The normalized spacial score (nSPS) is 25.0. The number of hydrogen-bond donors (Lipinski definition) is 9. The van der Waals surface area contributed by atoms with E-state index < -0.39 is 86.8 Å². The molecule has 12 unspecified atom stereocenters. The highest BCUT2D eigenvalue weighted by molar-refractivity contribution is 5.76. The molecule has 1 amide bonds. The van der Waals surface area contributed by atoms with E-state index in [4.69, 9.17) is 18.9 Å². The molecule has 0 aromatic heterocycles. The average molecular weight is 1080 g/mol. The van der Waals surface area contributed by atoms with Gasteiger partial charge in [0, 0.05) is 6.42 Å². The largest absolute Gasteiger partial charge is 0.394 e. The number of aliphatic hydroxyl groups is 8. The van der Waals surface area contributed by atoms with Crippen LogP contribution in [0.5, 0.6) is 0 Å². The number of hydrogen-bond acceptors (Lipinski definition) is 13. The van der Waals surface area contributed by atoms with E-state index in [1.54, 1.807) is 6.08 Å². The van der Waals surface area contributed by atoms with Gasteiger partial charge in [0.05, 0.1) is 32.0 Å². The molecule has 76 heavy (non-hydrogen) atoms. The Bertz CT molecular complexity index is 1370. The first kappa shape index (κ1) is 70.6. The minimum Gasteiger partial charge on any atom is -0.394 e. The molecule has 2 heterocycles. The molecule has 14 heteroatoms. The number of nitrogens with one attached hydrogen (secondary N) is 1. The second-order valence-corrected chi connectivity index (χ2v) is 22.5. The molecule has 0 aliphatic carbocycles. The highest BCUT2D eigenvalue weighted by atomic mass is 16.7. The number of carbonyl (C=O) groups excluding carboxylic acids is 1. The molecule has 0 spiro atoms. The molecule has 0 aromatic rings. The first-order valence-electron chi connectivity index (χ1n) is 31.6. The van der Waals surface area contributed by atoms with Crippen LogP contribution in [0.4, 0.5) is 0 Å². The van der Waals surface area contributed by atoms with Gasteiger partial charge in [-0.05, 0) is 32.1 Å². The zero-order chi connectivity index (χ0) is 55.3. The summed E-state index contributed by atoms with van der Waals surface area (Å²) in [5.74, 6) is -0.244. The van der Waals surface area contributed by atoms with Gasteiger partial charge in [0.1, 0.15) is 48.8 Å². The number of ether oxygens (including phenoxy) is 4. The fourth-order valence-corrected chi connectivity index (χ4v) is 10.5. The summed E-state index contributed by atoms with van der Waals surface area (Å²) < 4.78 is 22.8. The minimum absolute atomic E-state index is 0.244. The maximum atomic E-state index is 13.3. The van der Waals surface area contributed by atoms with Crippen LogP contribution in [0.25, 0.3) is 0 Å². The van der Waals surface area contributed by atoms with Crippen LogP contribution >= 0.6 is 0 Å². The van der Waals surface area contributed by atoms with Gasteiger partial charge in [-0.3, -0.25) is 4.79 Å². The van der Waals surface area contributed by atoms with Gasteiger partial charge >= 0.3 is 0 Å². The lowest BCUT2D eigenvalue weighted by Crippen LogP contribution is -2.65. The van der Waals surface area contributed by atoms with Gasteiger partial charge in [-0.1, -0.05) is 256 Å². The van der Waals surface area contributed by atoms with E-state index in [0.29, 0.717) is 12.8 Å². The third kappa shape index (κ3) is 33.3. The van der Waals surface area contributed by atoms with Gasteiger partial charge in [0.15, 0.2) is 12.6 Å². The van der Waals surface area contributed by atoms with Crippen LogP contribution < -0.4 is 5.32 Å². The highest BCUT2D eigenvalue weighted by Gasteiger charge is 2.51. The van der Waals surface area contributed by atoms with Crippen LogP contribution in [0.1, 0.15) is 271 Å². The van der Waals surface area contributed by atoms with E-state index in [2.05, 4.69) is 31.3 Å². The predicted molar refractivity (Wildman–Crippen MR) is 305 cm³/mol. The molecule has 14 nitrogen and oxygen atoms in total. The first-order valence-corrected chi connectivity index (χ1v) is 31.6. The molecule has 9 N–H and O–H groups in total. The van der Waals surface area contributed by atoms with Crippen LogP contribution in [0.2, 0.25) is 0 Å². The van der Waals surface area contributed by atoms with Gasteiger partial charge < -0.3 is 65.1 Å². The molecule has 2 saturated heterocycles. The Kier molecular flexibility index (Phi) is 44.8. The van der Waals surface area contributed by atoms with Crippen molar-refractivity contribution in [1.29, 1.82) is 0 Å². The Labute approximate surface area is 462 Å². The second kappa shape index (κ2) is 48.2. The minimum atomic E-state index is -1.79. The maximum absolute atomic E-state index is 13.3. The van der Waals surface area contributed by atoms with Gasteiger partial charge in [-0.25, -0.2) is 0 Å². The summed E-state index contributed by atoms with van der Waals surface area (Å²) in [5.41, 5.74) is 0. The van der Waals surface area contributed by atoms with E-state index in [9.17, 15) is 45.6 Å². The maximum Gasteiger partial charge on any atom is 0.220 e. The topological polar surface area (TPSA) is 228 Å². The van der Waals surface area contributed by atoms with Gasteiger partial charge in [0.25, 0.3) is 0 Å². The van der Waals surface area contributed by atoms with Crippen molar-refractivity contribution in [3.05, 3.63) is 24.3 Å². The number of unbranched alkanes of at least 4 members (excludes halogenated alkanes) is 36. The van der Waals surface area contributed by atoms with E-state index in [1.807, 2.05) is 6.08 Å². The lowest BCUT2D eigenvalue weighted by atomic mass is 9.97. The van der Waals surface area contributed by atoms with Crippen molar-refractivity contribution in [2.45, 2.75) is 344 Å². The summed E-state index contributed by atoms with van der Waals surface area (Å²) in [5, 5.41) is 87.1. The van der Waals surface area contributed by atoms with Crippen molar-refractivity contribution in [2.24, 2.45) is 0 Å². The van der Waals surface area contributed by atoms with Crippen LogP contribution in [-0.2, 0) is 23.7 Å². The second-order valence-electron chi connectivity index (χ2n) is 22.5. The third-order valence-corrected chi connectivity index (χ3v) is 15.6. The van der Waals surface area contributed by atoms with Gasteiger partial charge in [-0.15, -0.1) is 0 Å². The highest BCUT2D eigenvalue weighted by Crippen LogP contribution is 2.30. The molecular weight excluding hydrogens is 967 g/mol. The van der Waals surface area contributed by atoms with Crippen LogP contribution in [-0.4, -0.2) is 140 Å².